The molecule has 0 fully saturated rings. The number of esters is 1. The smallest absolute Gasteiger partial charge is 0.313 e. The highest BCUT2D eigenvalue weighted by molar-refractivity contribution is 7.10. The van der Waals surface area contributed by atoms with Gasteiger partial charge in [-0.3, -0.25) is 4.79 Å². The van der Waals surface area contributed by atoms with Gasteiger partial charge >= 0.3 is 5.97 Å². The Morgan fingerprint density at radius 2 is 2.33 bits per heavy atom. The Hall–Kier alpha value is -0.830. The van der Waals surface area contributed by atoms with Crippen LogP contribution in [0.4, 0.5) is 0 Å². The van der Waals surface area contributed by atoms with Crippen LogP contribution in [-0.4, -0.2) is 13.1 Å². The van der Waals surface area contributed by atoms with Crippen molar-refractivity contribution in [2.24, 2.45) is 0 Å². The number of unbranched alkanes of at least 4 members (excludes halogenated alkanes) is 1. The van der Waals surface area contributed by atoms with Crippen LogP contribution in [0.15, 0.2) is 11.4 Å². The average molecular weight is 226 g/mol. The summed E-state index contributed by atoms with van der Waals surface area (Å²) in [6, 6.07) is 2.06. The van der Waals surface area contributed by atoms with E-state index in [2.05, 4.69) is 13.0 Å². The molecule has 0 aromatic carbocycles. The molecule has 3 heteroatoms. The number of carbonyl (C=O) groups excluding carboxylic acids is 1. The lowest BCUT2D eigenvalue weighted by Crippen LogP contribution is -2.14. The average Bonchev–Trinajstić information content (AvgIpc) is 2.65. The molecule has 1 unspecified atom stereocenters. The van der Waals surface area contributed by atoms with Crippen molar-refractivity contribution in [2.45, 2.75) is 39.0 Å². The molecule has 1 aromatic heterocycles. The van der Waals surface area contributed by atoms with Crippen LogP contribution < -0.4 is 0 Å². The van der Waals surface area contributed by atoms with E-state index in [-0.39, 0.29) is 11.9 Å². The number of thiophene rings is 1. The van der Waals surface area contributed by atoms with Crippen molar-refractivity contribution in [3.05, 3.63) is 21.9 Å². The largest absolute Gasteiger partial charge is 0.469 e. The van der Waals surface area contributed by atoms with E-state index in [4.69, 9.17) is 4.74 Å². The van der Waals surface area contributed by atoms with Crippen LogP contribution >= 0.6 is 11.3 Å². The number of aryl methyl sites for hydroxylation is 1. The first kappa shape index (κ1) is 12.2. The third-order valence-electron chi connectivity index (χ3n) is 2.55. The lowest BCUT2D eigenvalue weighted by Gasteiger charge is -2.13. The Labute approximate surface area is 95.3 Å². The molecule has 0 aliphatic heterocycles. The molecule has 0 aliphatic carbocycles. The first-order chi connectivity index (χ1) is 7.20. The minimum Gasteiger partial charge on any atom is -0.469 e. The number of methoxy groups -OCH3 is 1. The lowest BCUT2D eigenvalue weighted by molar-refractivity contribution is -0.142. The van der Waals surface area contributed by atoms with E-state index in [0.29, 0.717) is 0 Å². The van der Waals surface area contributed by atoms with Crippen LogP contribution in [0, 0.1) is 6.92 Å². The summed E-state index contributed by atoms with van der Waals surface area (Å²) >= 11 is 1.65. The predicted octanol–water partition coefficient (Wildman–Crippen LogP) is 3.50. The molecule has 0 radical (unpaired) electrons. The van der Waals surface area contributed by atoms with Crippen molar-refractivity contribution >= 4 is 17.3 Å². The van der Waals surface area contributed by atoms with Crippen LogP contribution in [0.1, 0.15) is 42.5 Å². The van der Waals surface area contributed by atoms with Crippen molar-refractivity contribution in [3.8, 4) is 0 Å². The van der Waals surface area contributed by atoms with E-state index >= 15 is 0 Å². The molecule has 0 saturated heterocycles. The maximum Gasteiger partial charge on any atom is 0.313 e. The maximum atomic E-state index is 11.7. The highest BCUT2D eigenvalue weighted by Gasteiger charge is 2.23. The number of hydrogen-bond acceptors (Lipinski definition) is 3. The van der Waals surface area contributed by atoms with E-state index in [9.17, 15) is 4.79 Å². The minimum atomic E-state index is -0.103. The first-order valence-electron chi connectivity index (χ1n) is 5.32. The normalized spacial score (nSPS) is 12.5. The Bertz CT molecular complexity index is 317. The van der Waals surface area contributed by atoms with Gasteiger partial charge in [0.15, 0.2) is 0 Å². The van der Waals surface area contributed by atoms with E-state index in [1.54, 1.807) is 11.3 Å². The fourth-order valence-corrected chi connectivity index (χ4v) is 2.70. The van der Waals surface area contributed by atoms with Crippen molar-refractivity contribution in [1.82, 2.24) is 0 Å². The minimum absolute atomic E-state index is 0.0602. The second kappa shape index (κ2) is 5.91. The Kier molecular flexibility index (Phi) is 4.82. The van der Waals surface area contributed by atoms with Gasteiger partial charge in [-0.05, 0) is 30.4 Å². The van der Waals surface area contributed by atoms with E-state index < -0.39 is 0 Å². The molecule has 1 heterocycles. The molecule has 15 heavy (non-hydrogen) atoms. The van der Waals surface area contributed by atoms with Crippen molar-refractivity contribution in [1.29, 1.82) is 0 Å². The lowest BCUT2D eigenvalue weighted by atomic mass is 9.98. The topological polar surface area (TPSA) is 26.3 Å². The van der Waals surface area contributed by atoms with Crippen LogP contribution in [0.5, 0.6) is 0 Å². The van der Waals surface area contributed by atoms with Crippen LogP contribution in [-0.2, 0) is 9.53 Å². The first-order valence-corrected chi connectivity index (χ1v) is 6.20. The summed E-state index contributed by atoms with van der Waals surface area (Å²) in [6.45, 7) is 4.18. The molecule has 2 nitrogen and oxygen atoms in total. The fourth-order valence-electron chi connectivity index (χ4n) is 1.65. The van der Waals surface area contributed by atoms with Crippen LogP contribution in [0.3, 0.4) is 0 Å². The monoisotopic (exact) mass is 226 g/mol. The standard InChI is InChI=1S/C12H18O2S/c1-4-5-6-10(12(13)14-3)11-9(2)7-8-15-11/h7-8,10H,4-6H2,1-3H3. The molecule has 0 N–H and O–H groups in total. The van der Waals surface area contributed by atoms with E-state index in [1.165, 1.54) is 12.7 Å². The summed E-state index contributed by atoms with van der Waals surface area (Å²) in [7, 11) is 1.46. The fraction of sp³-hybridized carbons (Fsp3) is 0.583. The van der Waals surface area contributed by atoms with Gasteiger partial charge < -0.3 is 4.74 Å². The molecule has 0 saturated carbocycles. The van der Waals surface area contributed by atoms with Gasteiger partial charge in [-0.25, -0.2) is 0 Å². The van der Waals surface area contributed by atoms with Gasteiger partial charge in [-0.1, -0.05) is 19.8 Å². The number of hydrogen-bond donors (Lipinski definition) is 0. The molecule has 0 aliphatic rings. The zero-order chi connectivity index (χ0) is 11.3. The second-order valence-corrected chi connectivity index (χ2v) is 4.63. The zero-order valence-electron chi connectivity index (χ0n) is 9.58. The van der Waals surface area contributed by atoms with Gasteiger partial charge in [0.1, 0.15) is 0 Å². The van der Waals surface area contributed by atoms with Gasteiger partial charge in [0.2, 0.25) is 0 Å². The molecule has 1 rings (SSSR count). The Morgan fingerprint density at radius 1 is 1.60 bits per heavy atom. The Morgan fingerprint density at radius 3 is 2.80 bits per heavy atom. The third-order valence-corrected chi connectivity index (χ3v) is 3.68. The van der Waals surface area contributed by atoms with Gasteiger partial charge in [0.05, 0.1) is 13.0 Å². The van der Waals surface area contributed by atoms with E-state index in [0.717, 1.165) is 24.1 Å². The molecule has 1 atom stereocenters. The van der Waals surface area contributed by atoms with Gasteiger partial charge in [-0.2, -0.15) is 0 Å². The van der Waals surface area contributed by atoms with Crippen LogP contribution in [0.2, 0.25) is 0 Å². The van der Waals surface area contributed by atoms with Crippen molar-refractivity contribution < 1.29 is 9.53 Å². The summed E-state index contributed by atoms with van der Waals surface area (Å²) in [6.07, 6.45) is 3.07. The molecular weight excluding hydrogens is 208 g/mol. The third kappa shape index (κ3) is 3.06. The quantitative estimate of drug-likeness (QED) is 0.718. The molecule has 84 valence electrons. The summed E-state index contributed by atoms with van der Waals surface area (Å²) in [4.78, 5) is 12.8. The van der Waals surface area contributed by atoms with Crippen molar-refractivity contribution in [2.75, 3.05) is 7.11 Å². The van der Waals surface area contributed by atoms with E-state index in [1.807, 2.05) is 12.3 Å². The summed E-state index contributed by atoms with van der Waals surface area (Å²) in [5.74, 6) is -0.163. The highest BCUT2D eigenvalue weighted by Crippen LogP contribution is 2.30. The summed E-state index contributed by atoms with van der Waals surface area (Å²) in [5, 5.41) is 2.03. The maximum absolute atomic E-state index is 11.7. The molecule has 0 amide bonds. The summed E-state index contributed by atoms with van der Waals surface area (Å²) in [5.41, 5.74) is 1.20. The number of rotatable bonds is 5. The van der Waals surface area contributed by atoms with Gasteiger partial charge in [0, 0.05) is 4.88 Å². The molecule has 0 spiro atoms. The molecule has 1 aromatic rings. The zero-order valence-corrected chi connectivity index (χ0v) is 10.4. The molecule has 0 bridgehead atoms. The number of carbonyl (C=O) groups is 1. The van der Waals surface area contributed by atoms with Crippen LogP contribution in [0.25, 0.3) is 0 Å². The van der Waals surface area contributed by atoms with Gasteiger partial charge in [-0.15, -0.1) is 11.3 Å². The summed E-state index contributed by atoms with van der Waals surface area (Å²) < 4.78 is 4.86. The SMILES string of the molecule is CCCCC(C(=O)OC)c1sccc1C. The number of ether oxygens (including phenoxy) is 1. The Balaban J connectivity index is 2.81. The van der Waals surface area contributed by atoms with Crippen molar-refractivity contribution in [3.63, 3.8) is 0 Å². The van der Waals surface area contributed by atoms with Gasteiger partial charge in [0.25, 0.3) is 0 Å². The predicted molar refractivity (Wildman–Crippen MR) is 63.3 cm³/mol. The highest BCUT2D eigenvalue weighted by atomic mass is 32.1. The second-order valence-electron chi connectivity index (χ2n) is 3.69. The molecular formula is C12H18O2S.